The molecule has 1 fully saturated rings. The second-order valence-corrected chi connectivity index (χ2v) is 6.77. The zero-order chi connectivity index (χ0) is 19.2. The number of para-hydroxylation sites is 1. The van der Waals surface area contributed by atoms with E-state index in [0.29, 0.717) is 26.1 Å². The minimum atomic E-state index is -0.813. The van der Waals surface area contributed by atoms with Gasteiger partial charge in [0.25, 0.3) is 5.91 Å². The van der Waals surface area contributed by atoms with Crippen LogP contribution >= 0.6 is 0 Å². The summed E-state index contributed by atoms with van der Waals surface area (Å²) in [4.78, 5) is 27.5. The normalized spacial score (nSPS) is 23.6. The van der Waals surface area contributed by atoms with E-state index in [1.165, 1.54) is 7.11 Å². The SMILES string of the molecule is COCC(=O)N(c1ccccc1)C1CCN(CCC(=O)O)CC1(C)OC. The number of piperidine rings is 1. The minimum Gasteiger partial charge on any atom is -0.481 e. The maximum atomic E-state index is 12.8. The summed E-state index contributed by atoms with van der Waals surface area (Å²) in [6.45, 7) is 3.71. The van der Waals surface area contributed by atoms with E-state index in [1.807, 2.05) is 37.3 Å². The van der Waals surface area contributed by atoms with Crippen LogP contribution in [0.25, 0.3) is 0 Å². The summed E-state index contributed by atoms with van der Waals surface area (Å²) < 4.78 is 10.9. The molecule has 0 aromatic heterocycles. The van der Waals surface area contributed by atoms with Crippen molar-refractivity contribution in [3.63, 3.8) is 0 Å². The van der Waals surface area contributed by atoms with Gasteiger partial charge in [0.15, 0.2) is 0 Å². The van der Waals surface area contributed by atoms with Crippen molar-refractivity contribution in [2.75, 3.05) is 45.4 Å². The summed E-state index contributed by atoms with van der Waals surface area (Å²) in [7, 11) is 3.14. The fourth-order valence-corrected chi connectivity index (χ4v) is 3.57. The Hall–Kier alpha value is -1.96. The molecule has 1 heterocycles. The zero-order valence-electron chi connectivity index (χ0n) is 15.7. The van der Waals surface area contributed by atoms with E-state index in [9.17, 15) is 9.59 Å². The molecule has 0 aliphatic carbocycles. The number of anilines is 1. The second kappa shape index (κ2) is 9.12. The maximum absolute atomic E-state index is 12.8. The molecule has 7 nitrogen and oxygen atoms in total. The highest BCUT2D eigenvalue weighted by Crippen LogP contribution is 2.32. The molecule has 0 bridgehead atoms. The average Bonchev–Trinajstić information content (AvgIpc) is 2.63. The molecule has 1 saturated heterocycles. The number of carboxylic acid groups (broad SMARTS) is 1. The Balaban J connectivity index is 2.26. The fraction of sp³-hybridized carbons (Fsp3) is 0.579. The molecule has 1 aliphatic rings. The highest BCUT2D eigenvalue weighted by molar-refractivity contribution is 5.95. The number of nitrogens with zero attached hydrogens (tertiary/aromatic N) is 2. The summed E-state index contributed by atoms with van der Waals surface area (Å²) in [6, 6.07) is 9.34. The van der Waals surface area contributed by atoms with Crippen LogP contribution in [0, 0.1) is 0 Å². The molecule has 144 valence electrons. The van der Waals surface area contributed by atoms with Crippen LogP contribution in [0.15, 0.2) is 30.3 Å². The van der Waals surface area contributed by atoms with E-state index >= 15 is 0 Å². The van der Waals surface area contributed by atoms with Gasteiger partial charge in [0.1, 0.15) is 6.61 Å². The molecule has 1 N–H and O–H groups in total. The smallest absolute Gasteiger partial charge is 0.304 e. The number of hydrogen-bond acceptors (Lipinski definition) is 5. The van der Waals surface area contributed by atoms with Gasteiger partial charge in [-0.2, -0.15) is 0 Å². The van der Waals surface area contributed by atoms with Crippen molar-refractivity contribution in [1.82, 2.24) is 4.90 Å². The Morgan fingerprint density at radius 3 is 2.58 bits per heavy atom. The number of benzene rings is 1. The summed E-state index contributed by atoms with van der Waals surface area (Å²) in [6.07, 6.45) is 0.782. The number of hydrogen-bond donors (Lipinski definition) is 1. The number of likely N-dealkylation sites (tertiary alicyclic amines) is 1. The first kappa shape index (κ1) is 20.4. The first-order valence-electron chi connectivity index (χ1n) is 8.76. The van der Waals surface area contributed by atoms with Crippen LogP contribution in [0.1, 0.15) is 19.8 Å². The summed E-state index contributed by atoms with van der Waals surface area (Å²) in [5.74, 6) is -0.932. The zero-order valence-corrected chi connectivity index (χ0v) is 15.7. The summed E-state index contributed by atoms with van der Waals surface area (Å²) in [5, 5.41) is 8.93. The molecule has 1 aromatic rings. The van der Waals surface area contributed by atoms with Gasteiger partial charge in [0, 0.05) is 39.5 Å². The highest BCUT2D eigenvalue weighted by atomic mass is 16.5. The number of carbonyl (C=O) groups excluding carboxylic acids is 1. The number of carboxylic acids is 1. The maximum Gasteiger partial charge on any atom is 0.304 e. The molecule has 26 heavy (non-hydrogen) atoms. The number of rotatable bonds is 8. The number of aliphatic carboxylic acids is 1. The summed E-state index contributed by atoms with van der Waals surface area (Å²) in [5.41, 5.74) is 0.192. The molecule has 1 aromatic carbocycles. The first-order chi connectivity index (χ1) is 12.4. The Kier molecular flexibility index (Phi) is 7.14. The molecule has 2 unspecified atom stereocenters. The van der Waals surface area contributed by atoms with Crippen LogP contribution in [0.4, 0.5) is 5.69 Å². The molecule has 0 spiro atoms. The van der Waals surface area contributed by atoms with E-state index in [2.05, 4.69) is 4.90 Å². The lowest BCUT2D eigenvalue weighted by Crippen LogP contribution is -2.64. The van der Waals surface area contributed by atoms with Gasteiger partial charge in [-0.15, -0.1) is 0 Å². The molecule has 0 saturated carbocycles. The van der Waals surface area contributed by atoms with Crippen molar-refractivity contribution < 1.29 is 24.2 Å². The molecule has 2 atom stereocenters. The van der Waals surface area contributed by atoms with Crippen LogP contribution in [0.2, 0.25) is 0 Å². The lowest BCUT2D eigenvalue weighted by Gasteiger charge is -2.49. The second-order valence-electron chi connectivity index (χ2n) is 6.77. The van der Waals surface area contributed by atoms with E-state index in [0.717, 1.165) is 5.69 Å². The fourth-order valence-electron chi connectivity index (χ4n) is 3.57. The molecule has 2 rings (SSSR count). The van der Waals surface area contributed by atoms with Crippen molar-refractivity contribution in [3.05, 3.63) is 30.3 Å². The summed E-state index contributed by atoms with van der Waals surface area (Å²) >= 11 is 0. The van der Waals surface area contributed by atoms with Crippen molar-refractivity contribution in [2.45, 2.75) is 31.4 Å². The van der Waals surface area contributed by atoms with Gasteiger partial charge in [0.2, 0.25) is 0 Å². The molecule has 0 radical (unpaired) electrons. The van der Waals surface area contributed by atoms with Gasteiger partial charge < -0.3 is 19.5 Å². The number of ether oxygens (including phenoxy) is 2. The molecule has 7 heteroatoms. The standard InChI is InChI=1S/C19H28N2O5/c1-19(26-3)14-20(12-10-18(23)24)11-9-16(19)21(17(22)13-25-2)15-7-5-4-6-8-15/h4-8,16H,9-14H2,1-3H3,(H,23,24). The third kappa shape index (κ3) is 4.81. The molecule has 1 aliphatic heterocycles. The topological polar surface area (TPSA) is 79.3 Å². The van der Waals surface area contributed by atoms with E-state index in [-0.39, 0.29) is 25.0 Å². The highest BCUT2D eigenvalue weighted by Gasteiger charge is 2.45. The monoisotopic (exact) mass is 364 g/mol. The third-order valence-corrected chi connectivity index (χ3v) is 4.95. The van der Waals surface area contributed by atoms with Crippen LogP contribution < -0.4 is 4.90 Å². The van der Waals surface area contributed by atoms with Gasteiger partial charge in [-0.05, 0) is 25.5 Å². The largest absolute Gasteiger partial charge is 0.481 e. The predicted octanol–water partition coefficient (Wildman–Crippen LogP) is 1.62. The van der Waals surface area contributed by atoms with E-state index in [4.69, 9.17) is 14.6 Å². The number of carbonyl (C=O) groups is 2. The van der Waals surface area contributed by atoms with Crippen LogP contribution in [0.3, 0.4) is 0 Å². The number of amides is 1. The van der Waals surface area contributed by atoms with Gasteiger partial charge in [-0.3, -0.25) is 14.5 Å². The molecular weight excluding hydrogens is 336 g/mol. The van der Waals surface area contributed by atoms with Gasteiger partial charge in [-0.25, -0.2) is 0 Å². The Morgan fingerprint density at radius 1 is 1.31 bits per heavy atom. The lowest BCUT2D eigenvalue weighted by molar-refractivity contribution is -0.138. The predicted molar refractivity (Wildman–Crippen MR) is 98.3 cm³/mol. The van der Waals surface area contributed by atoms with Crippen LogP contribution in [0.5, 0.6) is 0 Å². The van der Waals surface area contributed by atoms with E-state index in [1.54, 1.807) is 12.0 Å². The van der Waals surface area contributed by atoms with Crippen molar-refractivity contribution in [3.8, 4) is 0 Å². The van der Waals surface area contributed by atoms with Crippen molar-refractivity contribution in [1.29, 1.82) is 0 Å². The Labute approximate surface area is 154 Å². The van der Waals surface area contributed by atoms with Crippen LogP contribution in [-0.2, 0) is 19.1 Å². The Morgan fingerprint density at radius 2 is 2.00 bits per heavy atom. The van der Waals surface area contributed by atoms with Crippen LogP contribution in [-0.4, -0.2) is 74.0 Å². The lowest BCUT2D eigenvalue weighted by atomic mass is 9.86. The molecule has 1 amide bonds. The Bertz CT molecular complexity index is 609. The van der Waals surface area contributed by atoms with Crippen molar-refractivity contribution >= 4 is 17.6 Å². The number of methoxy groups -OCH3 is 2. The van der Waals surface area contributed by atoms with Gasteiger partial charge >= 0.3 is 5.97 Å². The van der Waals surface area contributed by atoms with Gasteiger partial charge in [0.05, 0.1) is 18.1 Å². The van der Waals surface area contributed by atoms with Gasteiger partial charge in [-0.1, -0.05) is 18.2 Å². The minimum absolute atomic E-state index is 0.00603. The quantitative estimate of drug-likeness (QED) is 0.755. The average molecular weight is 364 g/mol. The molecular formula is C19H28N2O5. The van der Waals surface area contributed by atoms with Crippen molar-refractivity contribution in [2.24, 2.45) is 0 Å². The van der Waals surface area contributed by atoms with E-state index < -0.39 is 11.6 Å². The third-order valence-electron chi connectivity index (χ3n) is 4.95. The first-order valence-corrected chi connectivity index (χ1v) is 8.76.